The molecule has 0 aliphatic carbocycles. The van der Waals surface area contributed by atoms with E-state index in [0.717, 1.165) is 5.56 Å². The van der Waals surface area contributed by atoms with Gasteiger partial charge in [0.05, 0.1) is 9.77 Å². The van der Waals surface area contributed by atoms with Gasteiger partial charge in [-0.2, -0.15) is 4.98 Å². The molecule has 1 aliphatic rings. The van der Waals surface area contributed by atoms with Crippen LogP contribution in [0.15, 0.2) is 57.9 Å². The van der Waals surface area contributed by atoms with Gasteiger partial charge in [0.25, 0.3) is 5.89 Å². The van der Waals surface area contributed by atoms with Crippen molar-refractivity contribution in [2.24, 2.45) is 0 Å². The number of sulfonamides is 1. The Morgan fingerprint density at radius 2 is 1.97 bits per heavy atom. The summed E-state index contributed by atoms with van der Waals surface area (Å²) in [4.78, 5) is 5.73. The lowest BCUT2D eigenvalue weighted by molar-refractivity contribution is 0.174. The minimum absolute atomic E-state index is 0.114. The summed E-state index contributed by atoms with van der Waals surface area (Å²) in [5.41, 5.74) is 1.47. The molecule has 0 bridgehead atoms. The van der Waals surface area contributed by atoms with Gasteiger partial charge in [0.1, 0.15) is 0 Å². The number of rotatable bonds is 6. The van der Waals surface area contributed by atoms with Crippen molar-refractivity contribution in [3.63, 3.8) is 0 Å². The zero-order chi connectivity index (χ0) is 22.3. The molecule has 2 aromatic heterocycles. The summed E-state index contributed by atoms with van der Waals surface area (Å²) in [6, 6.07) is 13.9. The number of fused-ring (bicyclic) bond motifs is 1. The molecule has 1 aliphatic heterocycles. The van der Waals surface area contributed by atoms with Gasteiger partial charge in [-0.05, 0) is 42.8 Å². The standard InChI is InChI=1S/C21H16ClN3O5S2/c1-12-19(32(26,27)23-10-13-5-6-16-17(7-13)29-11-28-16)9-18(31-12)21-24-20(25-30-21)14-3-2-4-15(22)8-14/h2-9,23H,10-11H2,1H3. The van der Waals surface area contributed by atoms with E-state index in [2.05, 4.69) is 14.9 Å². The first-order valence-corrected chi connectivity index (χ1v) is 12.2. The number of nitrogens with one attached hydrogen (secondary N) is 1. The summed E-state index contributed by atoms with van der Waals surface area (Å²) in [6.45, 7) is 2.01. The van der Waals surface area contributed by atoms with E-state index in [1.165, 1.54) is 17.4 Å². The quantitative estimate of drug-likeness (QED) is 0.421. The lowest BCUT2D eigenvalue weighted by atomic mass is 10.2. The molecule has 11 heteroatoms. The van der Waals surface area contributed by atoms with E-state index >= 15 is 0 Å². The normalized spacial score (nSPS) is 12.9. The molecule has 2 aromatic carbocycles. The fourth-order valence-corrected chi connectivity index (χ4v) is 5.93. The molecule has 0 fully saturated rings. The van der Waals surface area contributed by atoms with Gasteiger partial charge in [0.2, 0.25) is 22.6 Å². The molecule has 0 radical (unpaired) electrons. The van der Waals surface area contributed by atoms with Crippen LogP contribution in [0.4, 0.5) is 0 Å². The van der Waals surface area contributed by atoms with E-state index in [1.54, 1.807) is 43.3 Å². The molecule has 32 heavy (non-hydrogen) atoms. The number of nitrogens with zero attached hydrogens (tertiary/aromatic N) is 2. The zero-order valence-electron chi connectivity index (χ0n) is 16.7. The Morgan fingerprint density at radius 1 is 1.12 bits per heavy atom. The van der Waals surface area contributed by atoms with Crippen LogP contribution in [-0.4, -0.2) is 25.4 Å². The molecular weight excluding hydrogens is 474 g/mol. The smallest absolute Gasteiger partial charge is 0.268 e. The number of thiophene rings is 1. The fourth-order valence-electron chi connectivity index (χ4n) is 3.21. The number of benzene rings is 2. The summed E-state index contributed by atoms with van der Waals surface area (Å²) < 4.78 is 44.5. The topological polar surface area (TPSA) is 104 Å². The number of ether oxygens (including phenoxy) is 2. The maximum atomic E-state index is 12.9. The van der Waals surface area contributed by atoms with Gasteiger partial charge in [0, 0.05) is 22.0 Å². The van der Waals surface area contributed by atoms with Gasteiger partial charge in [-0.15, -0.1) is 11.3 Å². The predicted molar refractivity (Wildman–Crippen MR) is 119 cm³/mol. The van der Waals surface area contributed by atoms with Gasteiger partial charge >= 0.3 is 0 Å². The van der Waals surface area contributed by atoms with Crippen LogP contribution in [0.5, 0.6) is 11.5 Å². The second kappa shape index (κ2) is 8.21. The molecule has 164 valence electrons. The van der Waals surface area contributed by atoms with Crippen LogP contribution >= 0.6 is 22.9 Å². The Labute approximate surface area is 192 Å². The molecular formula is C21H16ClN3O5S2. The van der Waals surface area contributed by atoms with Crippen molar-refractivity contribution in [1.82, 2.24) is 14.9 Å². The number of hydrogen-bond acceptors (Lipinski definition) is 8. The Morgan fingerprint density at radius 3 is 2.81 bits per heavy atom. The number of aryl methyl sites for hydroxylation is 1. The van der Waals surface area contributed by atoms with Crippen LogP contribution in [0, 0.1) is 6.92 Å². The second-order valence-electron chi connectivity index (χ2n) is 6.98. The largest absolute Gasteiger partial charge is 0.454 e. The Hall–Kier alpha value is -2.92. The third-order valence-electron chi connectivity index (χ3n) is 4.78. The summed E-state index contributed by atoms with van der Waals surface area (Å²) in [5.74, 6) is 1.86. The molecule has 3 heterocycles. The van der Waals surface area contributed by atoms with Crippen molar-refractivity contribution in [2.75, 3.05) is 6.79 Å². The van der Waals surface area contributed by atoms with Gasteiger partial charge in [-0.25, -0.2) is 13.1 Å². The highest BCUT2D eigenvalue weighted by Gasteiger charge is 2.23. The summed E-state index contributed by atoms with van der Waals surface area (Å²) >= 11 is 7.29. The predicted octanol–water partition coefficient (Wildman–Crippen LogP) is 4.63. The van der Waals surface area contributed by atoms with Crippen LogP contribution in [0.3, 0.4) is 0 Å². The molecule has 5 rings (SSSR count). The van der Waals surface area contributed by atoms with Crippen molar-refractivity contribution >= 4 is 33.0 Å². The van der Waals surface area contributed by atoms with Crippen molar-refractivity contribution < 1.29 is 22.4 Å². The molecule has 0 saturated heterocycles. The van der Waals surface area contributed by atoms with E-state index in [-0.39, 0.29) is 24.1 Å². The lowest BCUT2D eigenvalue weighted by Gasteiger charge is -2.07. The fraction of sp³-hybridized carbons (Fsp3) is 0.143. The van der Waals surface area contributed by atoms with Crippen LogP contribution in [-0.2, 0) is 16.6 Å². The van der Waals surface area contributed by atoms with Crippen LogP contribution in [0.2, 0.25) is 5.02 Å². The highest BCUT2D eigenvalue weighted by atomic mass is 35.5. The minimum Gasteiger partial charge on any atom is -0.454 e. The molecule has 0 spiro atoms. The second-order valence-corrected chi connectivity index (χ2v) is 10.4. The van der Waals surface area contributed by atoms with Crippen molar-refractivity contribution in [3.05, 3.63) is 64.0 Å². The number of hydrogen-bond donors (Lipinski definition) is 1. The highest BCUT2D eigenvalue weighted by molar-refractivity contribution is 7.89. The van der Waals surface area contributed by atoms with Crippen molar-refractivity contribution in [3.8, 4) is 33.7 Å². The molecule has 0 amide bonds. The summed E-state index contributed by atoms with van der Waals surface area (Å²) in [7, 11) is -3.76. The van der Waals surface area contributed by atoms with E-state index in [0.29, 0.717) is 37.7 Å². The molecule has 0 atom stereocenters. The molecule has 0 unspecified atom stereocenters. The highest BCUT2D eigenvalue weighted by Crippen LogP contribution is 2.35. The first-order chi connectivity index (χ1) is 15.4. The Balaban J connectivity index is 1.36. The number of halogens is 1. The van der Waals surface area contributed by atoms with E-state index < -0.39 is 10.0 Å². The van der Waals surface area contributed by atoms with Crippen molar-refractivity contribution in [2.45, 2.75) is 18.4 Å². The number of aromatic nitrogens is 2. The van der Waals surface area contributed by atoms with Gasteiger partial charge in [-0.3, -0.25) is 0 Å². The van der Waals surface area contributed by atoms with E-state index in [9.17, 15) is 8.42 Å². The van der Waals surface area contributed by atoms with Crippen LogP contribution < -0.4 is 14.2 Å². The third kappa shape index (κ3) is 4.09. The monoisotopic (exact) mass is 489 g/mol. The molecule has 8 nitrogen and oxygen atoms in total. The third-order valence-corrected chi connectivity index (χ3v) is 7.71. The summed E-state index contributed by atoms with van der Waals surface area (Å²) in [5, 5.41) is 4.54. The Bertz CT molecular complexity index is 1410. The average molecular weight is 490 g/mol. The lowest BCUT2D eigenvalue weighted by Crippen LogP contribution is -2.23. The van der Waals surface area contributed by atoms with E-state index in [1.807, 2.05) is 6.07 Å². The molecule has 0 saturated carbocycles. The average Bonchev–Trinajstić information content (AvgIpc) is 3.51. The maximum Gasteiger partial charge on any atom is 0.268 e. The van der Waals surface area contributed by atoms with Gasteiger partial charge in [0.15, 0.2) is 11.5 Å². The summed E-state index contributed by atoms with van der Waals surface area (Å²) in [6.07, 6.45) is 0. The van der Waals surface area contributed by atoms with Crippen molar-refractivity contribution in [1.29, 1.82) is 0 Å². The minimum atomic E-state index is -3.76. The van der Waals surface area contributed by atoms with Gasteiger partial charge in [-0.1, -0.05) is 35.0 Å². The van der Waals surface area contributed by atoms with E-state index in [4.69, 9.17) is 25.6 Å². The Kier molecular flexibility index (Phi) is 5.38. The van der Waals surface area contributed by atoms with Crippen LogP contribution in [0.25, 0.3) is 22.2 Å². The first-order valence-electron chi connectivity index (χ1n) is 9.48. The first kappa shape index (κ1) is 21.0. The zero-order valence-corrected chi connectivity index (χ0v) is 19.1. The molecule has 4 aromatic rings. The van der Waals surface area contributed by atoms with Gasteiger partial charge < -0.3 is 14.0 Å². The molecule has 1 N–H and O–H groups in total. The maximum absolute atomic E-state index is 12.9. The van der Waals surface area contributed by atoms with Crippen LogP contribution in [0.1, 0.15) is 10.4 Å². The SMILES string of the molecule is Cc1sc(-c2nc(-c3cccc(Cl)c3)no2)cc1S(=O)(=O)NCc1ccc2c(c1)OCO2.